The molecule has 0 atom stereocenters. The summed E-state index contributed by atoms with van der Waals surface area (Å²) in [4.78, 5) is 25.4. The monoisotopic (exact) mass is 413 g/mol. The van der Waals surface area contributed by atoms with Crippen molar-refractivity contribution in [1.82, 2.24) is 10.6 Å². The molecule has 5 nitrogen and oxygen atoms in total. The van der Waals surface area contributed by atoms with Crippen molar-refractivity contribution < 1.29 is 14.0 Å². The van der Waals surface area contributed by atoms with Crippen molar-refractivity contribution in [3.63, 3.8) is 0 Å². The Hall–Kier alpha value is -2.89. The molecule has 2 aromatic carbocycles. The number of hydrogen-bond donors (Lipinski definition) is 2. The SMILES string of the molecule is CNC(=O)CCCCCCNC(=O)c1ccc(N(C)c2c(C)cccc2C)cc1F. The topological polar surface area (TPSA) is 61.4 Å². The van der Waals surface area contributed by atoms with Crippen molar-refractivity contribution >= 4 is 23.2 Å². The zero-order chi connectivity index (χ0) is 22.1. The van der Waals surface area contributed by atoms with Crippen LogP contribution in [0.5, 0.6) is 0 Å². The summed E-state index contributed by atoms with van der Waals surface area (Å²) in [5.74, 6) is -0.891. The number of carbonyl (C=O) groups excluding carboxylic acids is 2. The number of nitrogens with zero attached hydrogens (tertiary/aromatic N) is 1. The van der Waals surface area contributed by atoms with Gasteiger partial charge in [0.15, 0.2) is 0 Å². The lowest BCUT2D eigenvalue weighted by Gasteiger charge is -2.24. The van der Waals surface area contributed by atoms with Gasteiger partial charge in [-0.2, -0.15) is 0 Å². The third-order valence-corrected chi connectivity index (χ3v) is 5.25. The van der Waals surface area contributed by atoms with Gasteiger partial charge < -0.3 is 15.5 Å². The molecular formula is C24H32FN3O2. The van der Waals surface area contributed by atoms with E-state index in [9.17, 15) is 14.0 Å². The molecule has 0 saturated heterocycles. The van der Waals surface area contributed by atoms with Crippen LogP contribution in [-0.4, -0.2) is 32.5 Å². The number of anilines is 2. The highest BCUT2D eigenvalue weighted by Crippen LogP contribution is 2.30. The zero-order valence-corrected chi connectivity index (χ0v) is 18.3. The van der Waals surface area contributed by atoms with Crippen LogP contribution in [0.1, 0.15) is 53.6 Å². The highest BCUT2D eigenvalue weighted by Gasteiger charge is 2.15. The van der Waals surface area contributed by atoms with Gasteiger partial charge in [0, 0.05) is 38.4 Å². The molecule has 0 unspecified atom stereocenters. The number of nitrogens with one attached hydrogen (secondary N) is 2. The maximum Gasteiger partial charge on any atom is 0.254 e. The van der Waals surface area contributed by atoms with Crippen LogP contribution in [0.3, 0.4) is 0 Å². The minimum Gasteiger partial charge on any atom is -0.359 e. The van der Waals surface area contributed by atoms with Gasteiger partial charge in [0.2, 0.25) is 5.91 Å². The summed E-state index contributed by atoms with van der Waals surface area (Å²) >= 11 is 0. The number of halogens is 1. The number of aryl methyl sites for hydroxylation is 2. The van der Waals surface area contributed by atoms with E-state index in [-0.39, 0.29) is 11.5 Å². The molecule has 2 amide bonds. The Kier molecular flexibility index (Phi) is 8.84. The summed E-state index contributed by atoms with van der Waals surface area (Å²) in [6.45, 7) is 4.54. The second-order valence-electron chi connectivity index (χ2n) is 7.56. The molecule has 30 heavy (non-hydrogen) atoms. The van der Waals surface area contributed by atoms with Gasteiger partial charge in [-0.3, -0.25) is 9.59 Å². The molecule has 0 bridgehead atoms. The molecule has 0 spiro atoms. The summed E-state index contributed by atoms with van der Waals surface area (Å²) in [5.41, 5.74) is 3.99. The number of rotatable bonds is 10. The number of hydrogen-bond acceptors (Lipinski definition) is 3. The van der Waals surface area contributed by atoms with E-state index in [4.69, 9.17) is 0 Å². The first-order chi connectivity index (χ1) is 14.3. The molecule has 2 aromatic rings. The molecule has 2 rings (SSSR count). The Bertz CT molecular complexity index is 862. The Labute approximate surface area is 178 Å². The molecule has 6 heteroatoms. The van der Waals surface area contributed by atoms with Crippen LogP contribution in [0.15, 0.2) is 36.4 Å². The molecule has 0 heterocycles. The van der Waals surface area contributed by atoms with Crippen LogP contribution < -0.4 is 15.5 Å². The second kappa shape index (κ2) is 11.3. The first kappa shape index (κ1) is 23.4. The largest absolute Gasteiger partial charge is 0.359 e. The van der Waals surface area contributed by atoms with E-state index >= 15 is 0 Å². The maximum atomic E-state index is 14.6. The fourth-order valence-electron chi connectivity index (χ4n) is 3.55. The van der Waals surface area contributed by atoms with E-state index in [1.54, 1.807) is 13.1 Å². The minimum absolute atomic E-state index is 0.0467. The van der Waals surface area contributed by atoms with Gasteiger partial charge in [0.05, 0.1) is 5.56 Å². The molecule has 0 saturated carbocycles. The fourth-order valence-corrected chi connectivity index (χ4v) is 3.55. The van der Waals surface area contributed by atoms with Gasteiger partial charge in [-0.15, -0.1) is 0 Å². The lowest BCUT2D eigenvalue weighted by molar-refractivity contribution is -0.120. The zero-order valence-electron chi connectivity index (χ0n) is 18.3. The summed E-state index contributed by atoms with van der Waals surface area (Å²) < 4.78 is 14.6. The molecule has 0 aliphatic heterocycles. The molecule has 0 aromatic heterocycles. The Morgan fingerprint density at radius 1 is 1.00 bits per heavy atom. The first-order valence-corrected chi connectivity index (χ1v) is 10.4. The normalized spacial score (nSPS) is 10.6. The number of unbranched alkanes of at least 4 members (excludes halogenated alkanes) is 3. The number of benzene rings is 2. The van der Waals surface area contributed by atoms with Crippen molar-refractivity contribution in [3.05, 3.63) is 58.9 Å². The van der Waals surface area contributed by atoms with E-state index in [2.05, 4.69) is 10.6 Å². The third kappa shape index (κ3) is 6.31. The highest BCUT2D eigenvalue weighted by molar-refractivity contribution is 5.95. The molecule has 162 valence electrons. The van der Waals surface area contributed by atoms with Crippen LogP contribution in [-0.2, 0) is 4.79 Å². The standard InChI is InChI=1S/C24H32FN3O2/c1-17-10-9-11-18(2)23(17)28(4)19-13-14-20(21(25)16-19)24(30)27-15-8-6-5-7-12-22(29)26-3/h9-11,13-14,16H,5-8,12,15H2,1-4H3,(H,26,29)(H,27,30). The molecule has 2 N–H and O–H groups in total. The molecule has 0 radical (unpaired) electrons. The Morgan fingerprint density at radius 2 is 1.67 bits per heavy atom. The van der Waals surface area contributed by atoms with Crippen LogP contribution in [0.2, 0.25) is 0 Å². The van der Waals surface area contributed by atoms with Gasteiger partial charge in [0.1, 0.15) is 5.82 Å². The third-order valence-electron chi connectivity index (χ3n) is 5.25. The lowest BCUT2D eigenvalue weighted by Crippen LogP contribution is -2.25. The molecule has 0 aliphatic rings. The van der Waals surface area contributed by atoms with Crippen LogP contribution >= 0.6 is 0 Å². The van der Waals surface area contributed by atoms with Crippen molar-refractivity contribution in [2.24, 2.45) is 0 Å². The summed E-state index contributed by atoms with van der Waals surface area (Å²) in [6, 6.07) is 10.7. The molecule has 0 aliphatic carbocycles. The van der Waals surface area contributed by atoms with E-state index in [1.165, 1.54) is 12.1 Å². The van der Waals surface area contributed by atoms with Crippen molar-refractivity contribution in [1.29, 1.82) is 0 Å². The summed E-state index contributed by atoms with van der Waals surface area (Å²) in [5, 5.41) is 5.37. The van der Waals surface area contributed by atoms with Gasteiger partial charge in [-0.1, -0.05) is 31.0 Å². The first-order valence-electron chi connectivity index (χ1n) is 10.4. The lowest BCUT2D eigenvalue weighted by atomic mass is 10.1. The molecule has 0 fully saturated rings. The fraction of sp³-hybridized carbons (Fsp3) is 0.417. The number of para-hydroxylation sites is 1. The average molecular weight is 414 g/mol. The van der Waals surface area contributed by atoms with Gasteiger partial charge >= 0.3 is 0 Å². The summed E-state index contributed by atoms with van der Waals surface area (Å²) in [6.07, 6.45) is 4.00. The summed E-state index contributed by atoms with van der Waals surface area (Å²) in [7, 11) is 3.53. The number of carbonyl (C=O) groups is 2. The predicted octanol–water partition coefficient (Wildman–Crippen LogP) is 4.64. The van der Waals surface area contributed by atoms with E-state index < -0.39 is 11.7 Å². The number of amides is 2. The highest BCUT2D eigenvalue weighted by atomic mass is 19.1. The van der Waals surface area contributed by atoms with Gasteiger partial charge in [0.25, 0.3) is 5.91 Å². The van der Waals surface area contributed by atoms with Crippen molar-refractivity contribution in [3.8, 4) is 0 Å². The van der Waals surface area contributed by atoms with E-state index in [0.717, 1.165) is 42.5 Å². The Balaban J connectivity index is 1.89. The predicted molar refractivity (Wildman–Crippen MR) is 120 cm³/mol. The van der Waals surface area contributed by atoms with E-state index in [0.29, 0.717) is 18.7 Å². The second-order valence-corrected chi connectivity index (χ2v) is 7.56. The quantitative estimate of drug-likeness (QED) is 0.558. The average Bonchev–Trinajstić information content (AvgIpc) is 2.72. The minimum atomic E-state index is -0.534. The molecular weight excluding hydrogens is 381 g/mol. The van der Waals surface area contributed by atoms with Gasteiger partial charge in [-0.25, -0.2) is 4.39 Å². The van der Waals surface area contributed by atoms with Crippen molar-refractivity contribution in [2.45, 2.75) is 46.0 Å². The van der Waals surface area contributed by atoms with Crippen LogP contribution in [0.4, 0.5) is 15.8 Å². The smallest absolute Gasteiger partial charge is 0.254 e. The van der Waals surface area contributed by atoms with E-state index in [1.807, 2.05) is 44.0 Å². The van der Waals surface area contributed by atoms with Crippen LogP contribution in [0, 0.1) is 19.7 Å². The maximum absolute atomic E-state index is 14.6. The van der Waals surface area contributed by atoms with Gasteiger partial charge in [-0.05, 0) is 56.0 Å². The van der Waals surface area contributed by atoms with Crippen LogP contribution in [0.25, 0.3) is 0 Å². The van der Waals surface area contributed by atoms with Crippen molar-refractivity contribution in [2.75, 3.05) is 25.5 Å². The Morgan fingerprint density at radius 3 is 2.30 bits per heavy atom.